The Balaban J connectivity index is 1.50. The molecule has 0 atom stereocenters. The van der Waals surface area contributed by atoms with Gasteiger partial charge in [0.2, 0.25) is 5.91 Å². The van der Waals surface area contributed by atoms with Gasteiger partial charge in [-0.2, -0.15) is 0 Å². The van der Waals surface area contributed by atoms with Gasteiger partial charge in [0, 0.05) is 17.0 Å². The predicted molar refractivity (Wildman–Crippen MR) is 136 cm³/mol. The van der Waals surface area contributed by atoms with Crippen LogP contribution in [0.2, 0.25) is 0 Å². The van der Waals surface area contributed by atoms with Crippen LogP contribution in [0.1, 0.15) is 47.5 Å². The summed E-state index contributed by atoms with van der Waals surface area (Å²) in [5.74, 6) is 1.37. The van der Waals surface area contributed by atoms with Crippen molar-refractivity contribution < 1.29 is 14.3 Å². The van der Waals surface area contributed by atoms with Crippen LogP contribution in [0.4, 0.5) is 5.00 Å². The van der Waals surface area contributed by atoms with Gasteiger partial charge in [-0.05, 0) is 61.4 Å². The highest BCUT2D eigenvalue weighted by Gasteiger charge is 2.25. The largest absolute Gasteiger partial charge is 0.497 e. The molecular weight excluding hydrogens is 470 g/mol. The number of thiophene rings is 1. The SMILES string of the molecule is COc1ccc(-c2nnc(SCC(=O)Nc3sc4c(c3C(N)=O)CCCC4)n2CC(C)C)cc1. The van der Waals surface area contributed by atoms with Gasteiger partial charge in [-0.1, -0.05) is 25.6 Å². The number of carbonyl (C=O) groups is 2. The maximum absolute atomic E-state index is 12.8. The zero-order valence-electron chi connectivity index (χ0n) is 19.6. The lowest BCUT2D eigenvalue weighted by Gasteiger charge is -2.13. The standard InChI is InChI=1S/C24H29N5O3S2/c1-14(2)12-29-22(15-8-10-16(32-3)11-9-15)27-28-24(29)33-13-19(30)26-23-20(21(25)31)17-6-4-5-7-18(17)34-23/h8-11,14H,4-7,12-13H2,1-3H3,(H2,25,31)(H,26,30). The Morgan fingerprint density at radius 3 is 2.62 bits per heavy atom. The van der Waals surface area contributed by atoms with Gasteiger partial charge < -0.3 is 20.4 Å². The topological polar surface area (TPSA) is 112 Å². The lowest BCUT2D eigenvalue weighted by atomic mass is 9.95. The number of methoxy groups -OCH3 is 1. The van der Waals surface area contributed by atoms with Gasteiger partial charge >= 0.3 is 0 Å². The molecule has 1 aromatic carbocycles. The number of ether oxygens (including phenoxy) is 1. The third-order valence-corrected chi connectivity index (χ3v) is 7.79. The molecule has 1 aliphatic carbocycles. The van der Waals surface area contributed by atoms with Gasteiger partial charge in [-0.15, -0.1) is 21.5 Å². The summed E-state index contributed by atoms with van der Waals surface area (Å²) in [7, 11) is 1.63. The second-order valence-corrected chi connectivity index (χ2v) is 10.7. The Hall–Kier alpha value is -2.85. The minimum absolute atomic E-state index is 0.152. The number of primary amides is 1. The van der Waals surface area contributed by atoms with E-state index in [0.29, 0.717) is 21.6 Å². The second-order valence-electron chi connectivity index (χ2n) is 8.66. The molecule has 10 heteroatoms. The fourth-order valence-corrected chi connectivity index (χ4v) is 6.14. The fourth-order valence-electron chi connectivity index (χ4n) is 4.09. The lowest BCUT2D eigenvalue weighted by molar-refractivity contribution is -0.113. The zero-order valence-corrected chi connectivity index (χ0v) is 21.2. The van der Waals surface area contributed by atoms with Crippen LogP contribution in [-0.2, 0) is 24.2 Å². The van der Waals surface area contributed by atoms with Crippen LogP contribution < -0.4 is 15.8 Å². The number of nitrogens with two attached hydrogens (primary N) is 1. The van der Waals surface area contributed by atoms with Crippen molar-refractivity contribution in [3.8, 4) is 17.1 Å². The van der Waals surface area contributed by atoms with Crippen molar-refractivity contribution in [3.05, 3.63) is 40.3 Å². The van der Waals surface area contributed by atoms with E-state index in [2.05, 4.69) is 29.4 Å². The monoisotopic (exact) mass is 499 g/mol. The molecule has 0 fully saturated rings. The van der Waals surface area contributed by atoms with Crippen LogP contribution in [0.25, 0.3) is 11.4 Å². The number of hydrogen-bond donors (Lipinski definition) is 2. The molecular formula is C24H29N5O3S2. The summed E-state index contributed by atoms with van der Waals surface area (Å²) in [6.07, 6.45) is 3.89. The average Bonchev–Trinajstić information content (AvgIpc) is 3.38. The van der Waals surface area contributed by atoms with E-state index in [1.165, 1.54) is 23.1 Å². The molecule has 0 aliphatic heterocycles. The number of benzene rings is 1. The minimum Gasteiger partial charge on any atom is -0.497 e. The number of amides is 2. The van der Waals surface area contributed by atoms with E-state index in [0.717, 1.165) is 59.8 Å². The van der Waals surface area contributed by atoms with E-state index in [-0.39, 0.29) is 11.7 Å². The first kappa shape index (κ1) is 24.3. The number of aromatic nitrogens is 3. The highest BCUT2D eigenvalue weighted by Crippen LogP contribution is 2.38. The molecule has 8 nitrogen and oxygen atoms in total. The summed E-state index contributed by atoms with van der Waals surface area (Å²) < 4.78 is 7.29. The number of anilines is 1. The Labute approximate surface area is 207 Å². The third-order valence-electron chi connectivity index (χ3n) is 5.62. The van der Waals surface area contributed by atoms with Gasteiger partial charge in [0.1, 0.15) is 10.8 Å². The molecule has 3 aromatic rings. The van der Waals surface area contributed by atoms with E-state index >= 15 is 0 Å². The van der Waals surface area contributed by atoms with Crippen LogP contribution in [0, 0.1) is 5.92 Å². The van der Waals surface area contributed by atoms with E-state index in [1.807, 2.05) is 28.8 Å². The average molecular weight is 500 g/mol. The van der Waals surface area contributed by atoms with E-state index in [4.69, 9.17) is 10.5 Å². The van der Waals surface area contributed by atoms with Crippen molar-refractivity contribution in [2.24, 2.45) is 11.7 Å². The first-order valence-corrected chi connectivity index (χ1v) is 13.1. The molecule has 0 bridgehead atoms. The van der Waals surface area contributed by atoms with Crippen LogP contribution in [0.3, 0.4) is 0 Å². The third kappa shape index (κ3) is 5.28. The number of aryl methyl sites for hydroxylation is 1. The minimum atomic E-state index is -0.483. The van der Waals surface area contributed by atoms with Crippen molar-refractivity contribution in [1.29, 1.82) is 0 Å². The molecule has 0 unspecified atom stereocenters. The smallest absolute Gasteiger partial charge is 0.251 e. The second kappa shape index (κ2) is 10.6. The number of nitrogens with zero attached hydrogens (tertiary/aromatic N) is 3. The normalized spacial score (nSPS) is 13.1. The van der Waals surface area contributed by atoms with E-state index in [1.54, 1.807) is 7.11 Å². The first-order chi connectivity index (χ1) is 16.4. The van der Waals surface area contributed by atoms with E-state index < -0.39 is 5.91 Å². The number of hydrogen-bond acceptors (Lipinski definition) is 7. The number of thioether (sulfide) groups is 1. The Kier molecular flexibility index (Phi) is 7.57. The maximum Gasteiger partial charge on any atom is 0.251 e. The first-order valence-electron chi connectivity index (χ1n) is 11.3. The summed E-state index contributed by atoms with van der Waals surface area (Å²) in [5.41, 5.74) is 8.06. The molecule has 4 rings (SSSR count). The maximum atomic E-state index is 12.8. The molecule has 0 saturated heterocycles. The van der Waals surface area contributed by atoms with Gasteiger partial charge in [-0.3, -0.25) is 9.59 Å². The predicted octanol–water partition coefficient (Wildman–Crippen LogP) is 4.38. The summed E-state index contributed by atoms with van der Waals surface area (Å²) in [6.45, 7) is 4.98. The summed E-state index contributed by atoms with van der Waals surface area (Å²) in [6, 6.07) is 7.68. The zero-order chi connectivity index (χ0) is 24.2. The molecule has 0 radical (unpaired) electrons. The highest BCUT2D eigenvalue weighted by molar-refractivity contribution is 7.99. The van der Waals surface area contributed by atoms with Gasteiger partial charge in [0.15, 0.2) is 11.0 Å². The molecule has 3 N–H and O–H groups in total. The molecule has 2 aromatic heterocycles. The molecule has 2 amide bonds. The number of rotatable bonds is 9. The Morgan fingerprint density at radius 2 is 1.94 bits per heavy atom. The van der Waals surface area contributed by atoms with Crippen LogP contribution in [0.5, 0.6) is 5.75 Å². The number of carbonyl (C=O) groups excluding carboxylic acids is 2. The molecule has 1 aliphatic rings. The molecule has 2 heterocycles. The van der Waals surface area contributed by atoms with Crippen LogP contribution in [-0.4, -0.2) is 39.4 Å². The quantitative estimate of drug-likeness (QED) is 0.423. The van der Waals surface area contributed by atoms with Crippen molar-refractivity contribution in [3.63, 3.8) is 0 Å². The lowest BCUT2D eigenvalue weighted by Crippen LogP contribution is -2.19. The highest BCUT2D eigenvalue weighted by atomic mass is 32.2. The van der Waals surface area contributed by atoms with Crippen molar-refractivity contribution >= 4 is 39.9 Å². The molecule has 0 saturated carbocycles. The van der Waals surface area contributed by atoms with Gasteiger partial charge in [0.25, 0.3) is 5.91 Å². The summed E-state index contributed by atoms with van der Waals surface area (Å²) in [5, 5.41) is 12.9. The van der Waals surface area contributed by atoms with Crippen LogP contribution in [0.15, 0.2) is 29.4 Å². The van der Waals surface area contributed by atoms with Gasteiger partial charge in [0.05, 0.1) is 18.4 Å². The Bertz CT molecular complexity index is 1180. The van der Waals surface area contributed by atoms with Crippen molar-refractivity contribution in [1.82, 2.24) is 14.8 Å². The van der Waals surface area contributed by atoms with Crippen molar-refractivity contribution in [2.45, 2.75) is 51.2 Å². The summed E-state index contributed by atoms with van der Waals surface area (Å²) in [4.78, 5) is 26.0. The number of fused-ring (bicyclic) bond motifs is 1. The van der Waals surface area contributed by atoms with Gasteiger partial charge in [-0.25, -0.2) is 0 Å². The fraction of sp³-hybridized carbons (Fsp3) is 0.417. The Morgan fingerprint density at radius 1 is 1.21 bits per heavy atom. The number of nitrogens with one attached hydrogen (secondary N) is 1. The van der Waals surface area contributed by atoms with Crippen LogP contribution >= 0.6 is 23.1 Å². The molecule has 180 valence electrons. The van der Waals surface area contributed by atoms with Crippen molar-refractivity contribution in [2.75, 3.05) is 18.2 Å². The van der Waals surface area contributed by atoms with E-state index in [9.17, 15) is 9.59 Å². The molecule has 0 spiro atoms. The summed E-state index contributed by atoms with van der Waals surface area (Å²) >= 11 is 2.80. The molecule has 34 heavy (non-hydrogen) atoms.